The van der Waals surface area contributed by atoms with Crippen LogP contribution in [0.5, 0.6) is 0 Å². The van der Waals surface area contributed by atoms with E-state index < -0.39 is 0 Å². The van der Waals surface area contributed by atoms with Crippen molar-refractivity contribution in [1.82, 2.24) is 4.57 Å². The molecule has 2 rings (SSSR count). The number of fused-ring (bicyclic) bond motifs is 1. The van der Waals surface area contributed by atoms with Gasteiger partial charge in [-0.15, -0.1) is 0 Å². The number of hydrogen-bond donors (Lipinski definition) is 0. The Morgan fingerprint density at radius 2 is 2.00 bits per heavy atom. The van der Waals surface area contributed by atoms with Gasteiger partial charge in [0, 0.05) is 18.4 Å². The lowest BCUT2D eigenvalue weighted by atomic mass is 10.1. The molecule has 0 saturated heterocycles. The predicted molar refractivity (Wildman–Crippen MR) is 60.7 cm³/mol. The van der Waals surface area contributed by atoms with Crippen LogP contribution in [-0.2, 0) is 26.3 Å². The van der Waals surface area contributed by atoms with Crippen LogP contribution in [0.2, 0.25) is 0 Å². The molecule has 0 aliphatic heterocycles. The Hall–Kier alpha value is -0.720. The van der Waals surface area contributed by atoms with Gasteiger partial charge in [-0.1, -0.05) is 19.8 Å². The van der Waals surface area contributed by atoms with Crippen LogP contribution in [0.15, 0.2) is 6.07 Å². The van der Waals surface area contributed by atoms with Crippen LogP contribution in [0.3, 0.4) is 0 Å². The first-order valence-corrected chi connectivity index (χ1v) is 5.99. The van der Waals surface area contributed by atoms with Crippen molar-refractivity contribution in [3.05, 3.63) is 23.0 Å². The molecule has 1 aliphatic carbocycles. The van der Waals surface area contributed by atoms with Crippen molar-refractivity contribution in [3.8, 4) is 0 Å². The van der Waals surface area contributed by atoms with Crippen molar-refractivity contribution in [2.75, 3.05) is 0 Å². The molecule has 0 radical (unpaired) electrons. The second-order valence-corrected chi connectivity index (χ2v) is 4.48. The molecule has 0 fully saturated rings. The summed E-state index contributed by atoms with van der Waals surface area (Å²) in [6, 6.07) is 2.45. The summed E-state index contributed by atoms with van der Waals surface area (Å²) in [4.78, 5) is 0. The van der Waals surface area contributed by atoms with Crippen molar-refractivity contribution in [2.45, 2.75) is 51.9 Å². The van der Waals surface area contributed by atoms with Gasteiger partial charge >= 0.3 is 0 Å². The first-order chi connectivity index (χ1) is 6.83. The molecule has 0 amide bonds. The molecule has 14 heavy (non-hydrogen) atoms. The fourth-order valence-corrected chi connectivity index (χ4v) is 2.60. The zero-order valence-electron chi connectivity index (χ0n) is 9.47. The van der Waals surface area contributed by atoms with Crippen molar-refractivity contribution in [2.24, 2.45) is 7.05 Å². The monoisotopic (exact) mass is 191 g/mol. The highest BCUT2D eigenvalue weighted by Gasteiger charge is 2.13. The summed E-state index contributed by atoms with van der Waals surface area (Å²) < 4.78 is 2.45. The average Bonchev–Trinajstić information content (AvgIpc) is 2.41. The van der Waals surface area contributed by atoms with E-state index in [9.17, 15) is 0 Å². The quantitative estimate of drug-likeness (QED) is 0.632. The highest BCUT2D eigenvalue weighted by molar-refractivity contribution is 5.29. The van der Waals surface area contributed by atoms with Crippen molar-refractivity contribution < 1.29 is 0 Å². The highest BCUT2D eigenvalue weighted by atomic mass is 15.0. The zero-order chi connectivity index (χ0) is 9.97. The topological polar surface area (TPSA) is 4.93 Å². The smallest absolute Gasteiger partial charge is 0.0206 e. The molecule has 1 aromatic rings. The molecule has 1 aromatic heterocycles. The van der Waals surface area contributed by atoms with E-state index in [1.807, 2.05) is 0 Å². The van der Waals surface area contributed by atoms with E-state index in [4.69, 9.17) is 0 Å². The van der Waals surface area contributed by atoms with Crippen LogP contribution in [0.1, 0.15) is 49.6 Å². The highest BCUT2D eigenvalue weighted by Crippen LogP contribution is 2.24. The molecule has 1 heteroatoms. The maximum atomic E-state index is 2.45. The Morgan fingerprint density at radius 3 is 2.79 bits per heavy atom. The molecule has 0 bridgehead atoms. The molecule has 1 aliphatic rings. The van der Waals surface area contributed by atoms with Gasteiger partial charge < -0.3 is 4.57 Å². The third-order valence-electron chi connectivity index (χ3n) is 3.41. The van der Waals surface area contributed by atoms with Crippen molar-refractivity contribution in [3.63, 3.8) is 0 Å². The predicted octanol–water partition coefficient (Wildman–Crippen LogP) is 3.25. The van der Waals surface area contributed by atoms with Gasteiger partial charge in [-0.05, 0) is 43.7 Å². The molecule has 0 unspecified atom stereocenters. The summed E-state index contributed by atoms with van der Waals surface area (Å²) in [6.07, 6.45) is 9.31. The SMILES string of the molecule is CCCc1cc2c(n1C)CCCCC2. The molecule has 78 valence electrons. The van der Waals surface area contributed by atoms with Gasteiger partial charge in [0.25, 0.3) is 0 Å². The maximum Gasteiger partial charge on any atom is 0.0206 e. The largest absolute Gasteiger partial charge is 0.351 e. The van der Waals surface area contributed by atoms with Crippen LogP contribution in [0.4, 0.5) is 0 Å². The van der Waals surface area contributed by atoms with Crippen LogP contribution in [0, 0.1) is 0 Å². The molecule has 1 nitrogen and oxygen atoms in total. The van der Waals surface area contributed by atoms with E-state index in [1.54, 1.807) is 17.0 Å². The number of aromatic nitrogens is 1. The van der Waals surface area contributed by atoms with E-state index in [2.05, 4.69) is 24.6 Å². The maximum absolute atomic E-state index is 2.45. The van der Waals surface area contributed by atoms with Crippen molar-refractivity contribution >= 4 is 0 Å². The fraction of sp³-hybridized carbons (Fsp3) is 0.692. The summed E-state index contributed by atoms with van der Waals surface area (Å²) in [5.41, 5.74) is 4.79. The van der Waals surface area contributed by atoms with Gasteiger partial charge in [0.2, 0.25) is 0 Å². The van der Waals surface area contributed by atoms with E-state index >= 15 is 0 Å². The molecule has 0 atom stereocenters. The molecule has 0 saturated carbocycles. The molecule has 0 aromatic carbocycles. The second kappa shape index (κ2) is 4.20. The minimum absolute atomic E-state index is 1.24. The number of aryl methyl sites for hydroxylation is 2. The van der Waals surface area contributed by atoms with E-state index in [-0.39, 0.29) is 0 Å². The summed E-state index contributed by atoms with van der Waals surface area (Å²) in [6.45, 7) is 2.26. The summed E-state index contributed by atoms with van der Waals surface area (Å²) in [5.74, 6) is 0. The third kappa shape index (κ3) is 1.73. The Labute approximate surface area is 87.1 Å². The molecular formula is C13H21N. The van der Waals surface area contributed by atoms with Crippen LogP contribution >= 0.6 is 0 Å². The van der Waals surface area contributed by atoms with Gasteiger partial charge in [-0.25, -0.2) is 0 Å². The molecule has 1 heterocycles. The van der Waals surface area contributed by atoms with Crippen LogP contribution in [0.25, 0.3) is 0 Å². The average molecular weight is 191 g/mol. The molecular weight excluding hydrogens is 170 g/mol. The summed E-state index contributed by atoms with van der Waals surface area (Å²) in [7, 11) is 2.25. The summed E-state index contributed by atoms with van der Waals surface area (Å²) >= 11 is 0. The van der Waals surface area contributed by atoms with Crippen LogP contribution in [-0.4, -0.2) is 4.57 Å². The summed E-state index contributed by atoms with van der Waals surface area (Å²) in [5, 5.41) is 0. The zero-order valence-corrected chi connectivity index (χ0v) is 9.47. The lowest BCUT2D eigenvalue weighted by Crippen LogP contribution is -2.01. The third-order valence-corrected chi connectivity index (χ3v) is 3.41. The minimum Gasteiger partial charge on any atom is -0.351 e. The lowest BCUT2D eigenvalue weighted by Gasteiger charge is -2.06. The minimum atomic E-state index is 1.24. The van der Waals surface area contributed by atoms with Gasteiger partial charge in [-0.2, -0.15) is 0 Å². The van der Waals surface area contributed by atoms with Gasteiger partial charge in [0.1, 0.15) is 0 Å². The number of hydrogen-bond acceptors (Lipinski definition) is 0. The Morgan fingerprint density at radius 1 is 1.21 bits per heavy atom. The fourth-order valence-electron chi connectivity index (χ4n) is 2.60. The Kier molecular flexibility index (Phi) is 2.95. The first-order valence-electron chi connectivity index (χ1n) is 5.99. The lowest BCUT2D eigenvalue weighted by molar-refractivity contribution is 0.680. The van der Waals surface area contributed by atoms with Gasteiger partial charge in [0.05, 0.1) is 0 Å². The Balaban J connectivity index is 2.30. The first kappa shape index (κ1) is 9.82. The number of rotatable bonds is 2. The number of nitrogens with zero attached hydrogens (tertiary/aromatic N) is 1. The standard InChI is InChI=1S/C13H21N/c1-3-7-12-10-11-8-5-4-6-9-13(11)14(12)2/h10H,3-9H2,1-2H3. The van der Waals surface area contributed by atoms with E-state index in [0.29, 0.717) is 0 Å². The van der Waals surface area contributed by atoms with Crippen LogP contribution < -0.4 is 0 Å². The van der Waals surface area contributed by atoms with Gasteiger partial charge in [0.15, 0.2) is 0 Å². The molecule has 0 spiro atoms. The van der Waals surface area contributed by atoms with E-state index in [0.717, 1.165) is 0 Å². The van der Waals surface area contributed by atoms with E-state index in [1.165, 1.54) is 44.9 Å². The Bertz CT molecular complexity index is 309. The van der Waals surface area contributed by atoms with Gasteiger partial charge in [-0.3, -0.25) is 0 Å². The normalized spacial score (nSPS) is 16.4. The molecule has 0 N–H and O–H groups in total. The second-order valence-electron chi connectivity index (χ2n) is 4.48. The van der Waals surface area contributed by atoms with Crippen molar-refractivity contribution in [1.29, 1.82) is 0 Å².